The third-order valence-corrected chi connectivity index (χ3v) is 9.92. The fourth-order valence-electron chi connectivity index (χ4n) is 4.20. The maximum Gasteiger partial charge on any atom is 0.246 e. The van der Waals surface area contributed by atoms with Crippen LogP contribution < -0.4 is 5.32 Å². The van der Waals surface area contributed by atoms with Crippen LogP contribution in [0.3, 0.4) is 0 Å². The van der Waals surface area contributed by atoms with Crippen LogP contribution >= 0.6 is 34.5 Å². The van der Waals surface area contributed by atoms with Gasteiger partial charge in [0.05, 0.1) is 15.6 Å². The van der Waals surface area contributed by atoms with Crippen molar-refractivity contribution in [3.63, 3.8) is 0 Å². The number of anilines is 1. The van der Waals surface area contributed by atoms with Crippen LogP contribution in [-0.4, -0.2) is 31.7 Å². The minimum absolute atomic E-state index is 0.0815. The first-order chi connectivity index (χ1) is 14.8. The number of sulfonamides is 1. The van der Waals surface area contributed by atoms with Gasteiger partial charge in [0, 0.05) is 23.9 Å². The molecule has 1 aliphatic heterocycles. The van der Waals surface area contributed by atoms with Crippen LogP contribution in [0.5, 0.6) is 0 Å². The number of rotatable bonds is 4. The summed E-state index contributed by atoms with van der Waals surface area (Å²) in [6.45, 7) is 0.405. The van der Waals surface area contributed by atoms with Crippen molar-refractivity contribution in [2.45, 2.75) is 43.4 Å². The minimum Gasteiger partial charge on any atom is -0.316 e. The first kappa shape index (κ1) is 22.6. The number of carbonyl (C=O) groups is 1. The summed E-state index contributed by atoms with van der Waals surface area (Å²) in [5, 5.41) is 13.3. The lowest BCUT2D eigenvalue weighted by molar-refractivity contribution is -0.120. The zero-order valence-corrected chi connectivity index (χ0v) is 19.8. The van der Waals surface area contributed by atoms with E-state index in [9.17, 15) is 18.5 Å². The van der Waals surface area contributed by atoms with E-state index in [2.05, 4.69) is 11.4 Å². The number of nitrogens with zero attached hydrogens (tertiary/aromatic N) is 2. The van der Waals surface area contributed by atoms with Crippen molar-refractivity contribution in [1.29, 1.82) is 5.26 Å². The zero-order valence-electron chi connectivity index (χ0n) is 16.7. The molecular weight excluding hydrogens is 477 g/mol. The summed E-state index contributed by atoms with van der Waals surface area (Å²) in [6.07, 6.45) is 4.78. The highest BCUT2D eigenvalue weighted by atomic mass is 35.5. The normalized spacial score (nSPS) is 17.7. The number of aryl methyl sites for hydroxylation is 1. The molecule has 4 rings (SSSR count). The molecule has 1 fully saturated rings. The maximum absolute atomic E-state index is 13.0. The molecule has 0 bridgehead atoms. The molecule has 0 unspecified atom stereocenters. The summed E-state index contributed by atoms with van der Waals surface area (Å²) in [5.41, 5.74) is 1.66. The average Bonchev–Trinajstić information content (AvgIpc) is 3.10. The van der Waals surface area contributed by atoms with Gasteiger partial charge in [0.15, 0.2) is 0 Å². The van der Waals surface area contributed by atoms with E-state index < -0.39 is 10.0 Å². The standard InChI is InChI=1S/C21H21Cl2N3O3S2/c22-16-5-3-6-17(23)19(16)31(28,29)26-10-8-13(9-11-26)20(27)25-21-15(12-24)14-4-1-2-7-18(14)30-21/h3,5-6,13H,1-2,4,7-11H2,(H,25,27). The second-order valence-corrected chi connectivity index (χ2v) is 11.5. The van der Waals surface area contributed by atoms with Crippen LogP contribution in [-0.2, 0) is 27.7 Å². The number of amides is 1. The first-order valence-corrected chi connectivity index (χ1v) is 13.1. The molecule has 6 nitrogen and oxygen atoms in total. The van der Waals surface area contributed by atoms with E-state index in [-0.39, 0.29) is 39.9 Å². The van der Waals surface area contributed by atoms with Crippen molar-refractivity contribution in [1.82, 2.24) is 4.31 Å². The van der Waals surface area contributed by atoms with Gasteiger partial charge >= 0.3 is 0 Å². The van der Waals surface area contributed by atoms with Gasteiger partial charge in [-0.1, -0.05) is 29.3 Å². The van der Waals surface area contributed by atoms with E-state index in [4.69, 9.17) is 23.2 Å². The number of carbonyl (C=O) groups excluding carboxylic acids is 1. The molecule has 164 valence electrons. The number of benzene rings is 1. The van der Waals surface area contributed by atoms with Crippen molar-refractivity contribution in [3.8, 4) is 6.07 Å². The first-order valence-electron chi connectivity index (χ1n) is 10.1. The Kier molecular flexibility index (Phi) is 6.61. The number of piperidine rings is 1. The zero-order chi connectivity index (χ0) is 22.2. The third-order valence-electron chi connectivity index (χ3n) is 5.86. The molecule has 1 aromatic carbocycles. The van der Waals surface area contributed by atoms with Gasteiger partial charge in [-0.05, 0) is 56.2 Å². The molecule has 31 heavy (non-hydrogen) atoms. The van der Waals surface area contributed by atoms with Gasteiger partial charge in [0.25, 0.3) is 0 Å². The Balaban J connectivity index is 1.44. The van der Waals surface area contributed by atoms with E-state index in [1.807, 2.05) is 0 Å². The van der Waals surface area contributed by atoms with Crippen molar-refractivity contribution < 1.29 is 13.2 Å². The Labute approximate surface area is 195 Å². The molecule has 2 aliphatic rings. The Hall–Kier alpha value is -1.63. The van der Waals surface area contributed by atoms with Crippen molar-refractivity contribution in [3.05, 3.63) is 44.2 Å². The van der Waals surface area contributed by atoms with Crippen LogP contribution in [0.25, 0.3) is 0 Å². The number of hydrogen-bond acceptors (Lipinski definition) is 5. The lowest BCUT2D eigenvalue weighted by Crippen LogP contribution is -2.41. The number of nitrogens with one attached hydrogen (secondary N) is 1. The largest absolute Gasteiger partial charge is 0.316 e. The SMILES string of the molecule is N#Cc1c(NC(=O)C2CCN(S(=O)(=O)c3c(Cl)cccc3Cl)CC2)sc2c1CCCC2. The van der Waals surface area contributed by atoms with Gasteiger partial charge in [0.2, 0.25) is 15.9 Å². The fraction of sp³-hybridized carbons (Fsp3) is 0.429. The molecule has 1 amide bonds. The van der Waals surface area contributed by atoms with Gasteiger partial charge in [-0.25, -0.2) is 8.42 Å². The lowest BCUT2D eigenvalue weighted by atomic mass is 9.95. The quantitative estimate of drug-likeness (QED) is 0.653. The highest BCUT2D eigenvalue weighted by Gasteiger charge is 2.35. The van der Waals surface area contributed by atoms with Crippen LogP contribution in [0.15, 0.2) is 23.1 Å². The number of halogens is 2. The summed E-state index contributed by atoms with van der Waals surface area (Å²) in [4.78, 5) is 14.0. The third kappa shape index (κ3) is 4.35. The van der Waals surface area contributed by atoms with Gasteiger partial charge < -0.3 is 5.32 Å². The topological polar surface area (TPSA) is 90.3 Å². The van der Waals surface area contributed by atoms with Crippen LogP contribution in [0.1, 0.15) is 41.7 Å². The van der Waals surface area contributed by atoms with E-state index in [1.54, 1.807) is 6.07 Å². The molecule has 2 aromatic rings. The van der Waals surface area contributed by atoms with E-state index in [0.29, 0.717) is 23.4 Å². The van der Waals surface area contributed by atoms with Crippen molar-refractivity contribution in [2.24, 2.45) is 5.92 Å². The summed E-state index contributed by atoms with van der Waals surface area (Å²) >= 11 is 13.7. The van der Waals surface area contributed by atoms with E-state index >= 15 is 0 Å². The van der Waals surface area contributed by atoms with Crippen LogP contribution in [0.2, 0.25) is 10.0 Å². The predicted octanol–water partition coefficient (Wildman–Crippen LogP) is 4.84. The van der Waals surface area contributed by atoms with Gasteiger partial charge in [0.1, 0.15) is 16.0 Å². The molecule has 0 atom stereocenters. The van der Waals surface area contributed by atoms with Crippen molar-refractivity contribution in [2.75, 3.05) is 18.4 Å². The second kappa shape index (κ2) is 9.08. The highest BCUT2D eigenvalue weighted by Crippen LogP contribution is 2.38. The highest BCUT2D eigenvalue weighted by molar-refractivity contribution is 7.89. The summed E-state index contributed by atoms with van der Waals surface area (Å²) < 4.78 is 27.4. The van der Waals surface area contributed by atoms with Gasteiger partial charge in [-0.3, -0.25) is 4.79 Å². The summed E-state index contributed by atoms with van der Waals surface area (Å²) in [7, 11) is -3.85. The fourth-order valence-corrected chi connectivity index (χ4v) is 8.01. The molecule has 1 aliphatic carbocycles. The average molecular weight is 498 g/mol. The molecule has 1 N–H and O–H groups in total. The molecule has 0 saturated carbocycles. The van der Waals surface area contributed by atoms with Crippen molar-refractivity contribution >= 4 is 55.5 Å². The van der Waals surface area contributed by atoms with E-state index in [0.717, 1.165) is 31.2 Å². The number of thiophene rings is 1. The molecule has 1 saturated heterocycles. The summed E-state index contributed by atoms with van der Waals surface area (Å²) in [6, 6.07) is 6.83. The molecule has 0 spiro atoms. The number of fused-ring (bicyclic) bond motifs is 1. The number of nitriles is 1. The second-order valence-electron chi connectivity index (χ2n) is 7.75. The summed E-state index contributed by atoms with van der Waals surface area (Å²) in [5.74, 6) is -0.484. The van der Waals surface area contributed by atoms with Gasteiger partial charge in [-0.15, -0.1) is 11.3 Å². The number of hydrogen-bond donors (Lipinski definition) is 1. The molecule has 0 radical (unpaired) electrons. The molecule has 10 heteroatoms. The Bertz CT molecular complexity index is 1140. The molecule has 1 aromatic heterocycles. The molecular formula is C21H21Cl2N3O3S2. The Morgan fingerprint density at radius 1 is 1.16 bits per heavy atom. The van der Waals surface area contributed by atoms with Crippen LogP contribution in [0, 0.1) is 17.2 Å². The predicted molar refractivity (Wildman–Crippen MR) is 122 cm³/mol. The Morgan fingerprint density at radius 2 is 1.81 bits per heavy atom. The monoisotopic (exact) mass is 497 g/mol. The van der Waals surface area contributed by atoms with E-state index in [1.165, 1.54) is 32.7 Å². The van der Waals surface area contributed by atoms with Crippen LogP contribution in [0.4, 0.5) is 5.00 Å². The lowest BCUT2D eigenvalue weighted by Gasteiger charge is -2.30. The minimum atomic E-state index is -3.85. The maximum atomic E-state index is 13.0. The van der Waals surface area contributed by atoms with Gasteiger partial charge in [-0.2, -0.15) is 9.57 Å². The Morgan fingerprint density at radius 3 is 2.45 bits per heavy atom. The molecule has 2 heterocycles. The smallest absolute Gasteiger partial charge is 0.246 e.